The van der Waals surface area contributed by atoms with Crippen molar-refractivity contribution in [1.29, 1.82) is 0 Å². The van der Waals surface area contributed by atoms with E-state index in [2.05, 4.69) is 5.16 Å². The number of benzene rings is 1. The number of rotatable bonds is 2. The molecule has 5 heteroatoms. The molecular formula is C18H21N3O2. The Kier molecular flexibility index (Phi) is 3.45. The Labute approximate surface area is 135 Å². The quantitative estimate of drug-likeness (QED) is 0.924. The van der Waals surface area contributed by atoms with E-state index in [1.54, 1.807) is 6.92 Å². The van der Waals surface area contributed by atoms with E-state index in [-0.39, 0.29) is 11.9 Å². The largest absolute Gasteiger partial charge is 0.360 e. The fourth-order valence-corrected chi connectivity index (χ4v) is 4.05. The van der Waals surface area contributed by atoms with Gasteiger partial charge >= 0.3 is 0 Å². The second-order valence-corrected chi connectivity index (χ2v) is 6.70. The van der Waals surface area contributed by atoms with E-state index in [1.165, 1.54) is 0 Å². The van der Waals surface area contributed by atoms with E-state index >= 15 is 0 Å². The molecule has 2 N–H and O–H groups in total. The number of hydrogen-bond acceptors (Lipinski definition) is 4. The number of carbonyl (C=O) groups excluding carboxylic acids is 1. The molecule has 0 spiro atoms. The molecule has 1 amide bonds. The molecule has 0 radical (unpaired) electrons. The van der Waals surface area contributed by atoms with Crippen LogP contribution in [0.15, 0.2) is 34.9 Å². The highest BCUT2D eigenvalue weighted by Gasteiger charge is 2.43. The zero-order valence-corrected chi connectivity index (χ0v) is 13.2. The van der Waals surface area contributed by atoms with Crippen molar-refractivity contribution in [3.05, 3.63) is 41.7 Å². The molecule has 3 unspecified atom stereocenters. The molecule has 1 aromatic heterocycles. The molecule has 1 saturated carbocycles. The maximum atomic E-state index is 13.0. The summed E-state index contributed by atoms with van der Waals surface area (Å²) in [6, 6.07) is 9.95. The molecule has 1 saturated heterocycles. The average Bonchev–Trinajstić information content (AvgIpc) is 3.24. The summed E-state index contributed by atoms with van der Waals surface area (Å²) in [7, 11) is 0. The Morgan fingerprint density at radius 1 is 1.26 bits per heavy atom. The van der Waals surface area contributed by atoms with Crippen molar-refractivity contribution < 1.29 is 9.32 Å². The van der Waals surface area contributed by atoms with Gasteiger partial charge in [0.25, 0.3) is 5.91 Å². The van der Waals surface area contributed by atoms with Gasteiger partial charge in [-0.15, -0.1) is 0 Å². The number of aryl methyl sites for hydroxylation is 1. The van der Waals surface area contributed by atoms with Crippen LogP contribution in [0.2, 0.25) is 0 Å². The average molecular weight is 311 g/mol. The van der Waals surface area contributed by atoms with Crippen LogP contribution < -0.4 is 5.73 Å². The van der Waals surface area contributed by atoms with E-state index in [0.29, 0.717) is 28.9 Å². The first-order valence-electron chi connectivity index (χ1n) is 8.21. The molecule has 5 nitrogen and oxygen atoms in total. The monoisotopic (exact) mass is 311 g/mol. The highest BCUT2D eigenvalue weighted by atomic mass is 16.5. The van der Waals surface area contributed by atoms with Crippen LogP contribution in [0.3, 0.4) is 0 Å². The van der Waals surface area contributed by atoms with Crippen LogP contribution in [-0.4, -0.2) is 35.1 Å². The van der Waals surface area contributed by atoms with E-state index in [0.717, 1.165) is 31.5 Å². The van der Waals surface area contributed by atoms with Crippen LogP contribution in [0.4, 0.5) is 0 Å². The van der Waals surface area contributed by atoms with Crippen molar-refractivity contribution in [2.45, 2.75) is 25.8 Å². The van der Waals surface area contributed by atoms with Gasteiger partial charge in [0, 0.05) is 24.7 Å². The van der Waals surface area contributed by atoms with Crippen LogP contribution >= 0.6 is 0 Å². The van der Waals surface area contributed by atoms with E-state index < -0.39 is 0 Å². The Morgan fingerprint density at radius 2 is 2.04 bits per heavy atom. The third kappa shape index (κ3) is 2.36. The Balaban J connectivity index is 1.64. The number of amides is 1. The van der Waals surface area contributed by atoms with Crippen molar-refractivity contribution in [3.8, 4) is 11.3 Å². The van der Waals surface area contributed by atoms with E-state index in [9.17, 15) is 4.79 Å². The minimum Gasteiger partial charge on any atom is -0.360 e. The molecule has 2 fully saturated rings. The number of fused-ring (bicyclic) bond motifs is 1. The topological polar surface area (TPSA) is 72.4 Å². The second-order valence-electron chi connectivity index (χ2n) is 6.70. The van der Waals surface area contributed by atoms with Gasteiger partial charge in [0.2, 0.25) is 0 Å². The van der Waals surface area contributed by atoms with Gasteiger partial charge in [-0.3, -0.25) is 4.79 Å². The molecule has 4 rings (SSSR count). The molecule has 2 aliphatic rings. The minimum absolute atomic E-state index is 0.0178. The third-order valence-corrected chi connectivity index (χ3v) is 5.32. The first-order valence-corrected chi connectivity index (χ1v) is 8.21. The number of nitrogens with zero attached hydrogens (tertiary/aromatic N) is 2. The minimum atomic E-state index is 0.0178. The van der Waals surface area contributed by atoms with Gasteiger partial charge < -0.3 is 15.2 Å². The summed E-state index contributed by atoms with van der Waals surface area (Å²) in [6.07, 6.45) is 2.21. The fourth-order valence-electron chi connectivity index (χ4n) is 4.05. The lowest BCUT2D eigenvalue weighted by molar-refractivity contribution is 0.0778. The number of aromatic nitrogens is 1. The lowest BCUT2D eigenvalue weighted by Crippen LogP contribution is -2.33. The van der Waals surface area contributed by atoms with Crippen LogP contribution in [-0.2, 0) is 0 Å². The Hall–Kier alpha value is -2.14. The van der Waals surface area contributed by atoms with Crippen molar-refractivity contribution in [1.82, 2.24) is 10.1 Å². The van der Waals surface area contributed by atoms with E-state index in [4.69, 9.17) is 10.3 Å². The van der Waals surface area contributed by atoms with Gasteiger partial charge in [-0.05, 0) is 31.6 Å². The molecule has 1 aromatic carbocycles. The lowest BCUT2D eigenvalue weighted by Gasteiger charge is -2.18. The normalized spacial score (nSPS) is 26.5. The van der Waals surface area contributed by atoms with E-state index in [1.807, 2.05) is 35.2 Å². The fraction of sp³-hybridized carbons (Fsp3) is 0.444. The third-order valence-electron chi connectivity index (χ3n) is 5.32. The summed E-state index contributed by atoms with van der Waals surface area (Å²) in [5, 5.41) is 4.12. The zero-order valence-electron chi connectivity index (χ0n) is 13.2. The highest BCUT2D eigenvalue weighted by molar-refractivity contribution is 6.01. The first-order chi connectivity index (χ1) is 11.1. The molecular weight excluding hydrogens is 290 g/mol. The molecule has 2 aromatic rings. The molecule has 120 valence electrons. The summed E-state index contributed by atoms with van der Waals surface area (Å²) in [5.41, 5.74) is 8.31. The maximum Gasteiger partial charge on any atom is 0.259 e. The predicted molar refractivity (Wildman–Crippen MR) is 86.8 cm³/mol. The molecule has 1 aliphatic carbocycles. The van der Waals surface area contributed by atoms with Crippen molar-refractivity contribution in [2.75, 3.05) is 13.1 Å². The van der Waals surface area contributed by atoms with Crippen molar-refractivity contribution in [2.24, 2.45) is 17.6 Å². The SMILES string of the molecule is Cc1onc(-c2ccccc2)c1C(=O)N1CC2CCC(N)C2C1. The standard InChI is InChI=1S/C18H21N3O2/c1-11-16(17(20-23-11)12-5-3-2-4-6-12)18(22)21-9-13-7-8-15(19)14(13)10-21/h2-6,13-15H,7-10,19H2,1H3. The van der Waals surface area contributed by atoms with Crippen LogP contribution in [0.25, 0.3) is 11.3 Å². The summed E-state index contributed by atoms with van der Waals surface area (Å²) in [4.78, 5) is 15.0. The smallest absolute Gasteiger partial charge is 0.259 e. The van der Waals surface area contributed by atoms with Gasteiger partial charge in [-0.1, -0.05) is 35.5 Å². The molecule has 0 bridgehead atoms. The number of carbonyl (C=O) groups is 1. The zero-order chi connectivity index (χ0) is 16.0. The van der Waals surface area contributed by atoms with Gasteiger partial charge in [0.15, 0.2) is 0 Å². The molecule has 3 atom stereocenters. The van der Waals surface area contributed by atoms with Gasteiger partial charge in [0.1, 0.15) is 17.0 Å². The van der Waals surface area contributed by atoms with Crippen LogP contribution in [0.1, 0.15) is 29.0 Å². The summed E-state index contributed by atoms with van der Waals surface area (Å²) in [5.74, 6) is 1.59. The Morgan fingerprint density at radius 3 is 2.78 bits per heavy atom. The number of likely N-dealkylation sites (tertiary alicyclic amines) is 1. The number of nitrogens with two attached hydrogens (primary N) is 1. The van der Waals surface area contributed by atoms with Gasteiger partial charge in [-0.2, -0.15) is 0 Å². The highest BCUT2D eigenvalue weighted by Crippen LogP contribution is 2.38. The number of hydrogen-bond donors (Lipinski definition) is 1. The Bertz CT molecular complexity index is 725. The summed E-state index contributed by atoms with van der Waals surface area (Å²) < 4.78 is 5.32. The summed E-state index contributed by atoms with van der Waals surface area (Å²) >= 11 is 0. The second kappa shape index (κ2) is 5.49. The van der Waals surface area contributed by atoms with Gasteiger partial charge in [-0.25, -0.2) is 0 Å². The maximum absolute atomic E-state index is 13.0. The van der Waals surface area contributed by atoms with Crippen molar-refractivity contribution >= 4 is 5.91 Å². The van der Waals surface area contributed by atoms with Gasteiger partial charge in [0.05, 0.1) is 0 Å². The van der Waals surface area contributed by atoms with Crippen LogP contribution in [0.5, 0.6) is 0 Å². The molecule has 2 heterocycles. The first kappa shape index (κ1) is 14.5. The van der Waals surface area contributed by atoms with Crippen LogP contribution in [0, 0.1) is 18.8 Å². The summed E-state index contributed by atoms with van der Waals surface area (Å²) in [6.45, 7) is 3.36. The molecule has 1 aliphatic heterocycles. The van der Waals surface area contributed by atoms with Crippen molar-refractivity contribution in [3.63, 3.8) is 0 Å². The lowest BCUT2D eigenvalue weighted by atomic mass is 9.98. The molecule has 23 heavy (non-hydrogen) atoms. The predicted octanol–water partition coefficient (Wildman–Crippen LogP) is 2.46.